The fourth-order valence-electron chi connectivity index (χ4n) is 2.04. The molecule has 1 aromatic rings. The molecule has 1 aliphatic carbocycles. The molecule has 2 rings (SSSR count). The standard InChI is InChI=1S/C11H14N2O3/c1-16-8-3-4-9(10(7-8)13(14)15)11(12)5-2-6-11/h3-4,7H,2,5-6,12H2,1H3. The Morgan fingerprint density at radius 1 is 1.50 bits per heavy atom. The molecule has 0 bridgehead atoms. The fraction of sp³-hybridized carbons (Fsp3) is 0.455. The number of nitrogens with zero attached hydrogens (tertiary/aromatic N) is 1. The minimum Gasteiger partial charge on any atom is -0.497 e. The number of benzene rings is 1. The SMILES string of the molecule is COc1ccc(C2(N)CCC2)c([N+](=O)[O-])c1. The highest BCUT2D eigenvalue weighted by atomic mass is 16.6. The van der Waals surface area contributed by atoms with Gasteiger partial charge in [0, 0.05) is 11.1 Å². The number of hydrogen-bond acceptors (Lipinski definition) is 4. The second-order valence-electron chi connectivity index (χ2n) is 4.15. The summed E-state index contributed by atoms with van der Waals surface area (Å²) in [6.45, 7) is 0. The van der Waals surface area contributed by atoms with Gasteiger partial charge in [0.1, 0.15) is 5.75 Å². The van der Waals surface area contributed by atoms with E-state index in [1.807, 2.05) is 0 Å². The first-order valence-electron chi connectivity index (χ1n) is 5.18. The van der Waals surface area contributed by atoms with Crippen LogP contribution in [-0.2, 0) is 5.54 Å². The van der Waals surface area contributed by atoms with Gasteiger partial charge in [0.15, 0.2) is 0 Å². The molecule has 1 fully saturated rings. The van der Waals surface area contributed by atoms with Crippen molar-refractivity contribution in [1.29, 1.82) is 0 Å². The van der Waals surface area contributed by atoms with Gasteiger partial charge in [0.05, 0.1) is 18.1 Å². The first-order valence-corrected chi connectivity index (χ1v) is 5.18. The number of rotatable bonds is 3. The van der Waals surface area contributed by atoms with E-state index in [0.717, 1.165) is 19.3 Å². The van der Waals surface area contributed by atoms with Crippen molar-refractivity contribution in [2.45, 2.75) is 24.8 Å². The average molecular weight is 222 g/mol. The van der Waals surface area contributed by atoms with Crippen LogP contribution in [-0.4, -0.2) is 12.0 Å². The van der Waals surface area contributed by atoms with Crippen LogP contribution >= 0.6 is 0 Å². The van der Waals surface area contributed by atoms with Crippen LogP contribution in [0.3, 0.4) is 0 Å². The Morgan fingerprint density at radius 3 is 2.62 bits per heavy atom. The van der Waals surface area contributed by atoms with Crippen LogP contribution in [0.4, 0.5) is 5.69 Å². The Hall–Kier alpha value is -1.62. The summed E-state index contributed by atoms with van der Waals surface area (Å²) in [5, 5.41) is 11.0. The average Bonchev–Trinajstić information content (AvgIpc) is 2.25. The quantitative estimate of drug-likeness (QED) is 0.626. The Morgan fingerprint density at radius 2 is 2.19 bits per heavy atom. The maximum absolute atomic E-state index is 11.0. The van der Waals surface area contributed by atoms with Crippen LogP contribution in [0.2, 0.25) is 0 Å². The third kappa shape index (κ3) is 1.63. The van der Waals surface area contributed by atoms with E-state index in [0.29, 0.717) is 11.3 Å². The summed E-state index contributed by atoms with van der Waals surface area (Å²) in [7, 11) is 1.49. The Kier molecular flexibility index (Phi) is 2.55. The number of methoxy groups -OCH3 is 1. The van der Waals surface area contributed by atoms with E-state index in [1.54, 1.807) is 12.1 Å². The van der Waals surface area contributed by atoms with Gasteiger partial charge in [-0.2, -0.15) is 0 Å². The smallest absolute Gasteiger partial charge is 0.278 e. The van der Waals surface area contributed by atoms with Gasteiger partial charge in [-0.1, -0.05) is 0 Å². The minimum absolute atomic E-state index is 0.0570. The van der Waals surface area contributed by atoms with E-state index >= 15 is 0 Å². The first-order chi connectivity index (χ1) is 7.57. The monoisotopic (exact) mass is 222 g/mol. The van der Waals surface area contributed by atoms with Crippen molar-refractivity contribution in [2.24, 2.45) is 5.73 Å². The number of nitro benzene ring substituents is 1. The fourth-order valence-corrected chi connectivity index (χ4v) is 2.04. The van der Waals surface area contributed by atoms with Crippen molar-refractivity contribution >= 4 is 5.69 Å². The van der Waals surface area contributed by atoms with Crippen LogP contribution in [0.1, 0.15) is 24.8 Å². The maximum Gasteiger partial charge on any atom is 0.278 e. The van der Waals surface area contributed by atoms with E-state index in [4.69, 9.17) is 10.5 Å². The van der Waals surface area contributed by atoms with Crippen molar-refractivity contribution < 1.29 is 9.66 Å². The molecule has 0 saturated heterocycles. The molecule has 0 radical (unpaired) electrons. The van der Waals surface area contributed by atoms with Gasteiger partial charge in [-0.3, -0.25) is 10.1 Å². The lowest BCUT2D eigenvalue weighted by Crippen LogP contribution is -2.43. The number of ether oxygens (including phenoxy) is 1. The van der Waals surface area contributed by atoms with Crippen molar-refractivity contribution in [3.8, 4) is 5.75 Å². The molecule has 1 aliphatic rings. The molecule has 5 nitrogen and oxygen atoms in total. The molecule has 86 valence electrons. The van der Waals surface area contributed by atoms with Gasteiger partial charge in [-0.25, -0.2) is 0 Å². The number of nitro groups is 1. The molecular formula is C11H14N2O3. The summed E-state index contributed by atoms with van der Waals surface area (Å²) in [5.41, 5.74) is 6.26. The molecule has 1 aromatic carbocycles. The lowest BCUT2D eigenvalue weighted by molar-refractivity contribution is -0.386. The normalized spacial score (nSPS) is 17.6. The van der Waals surface area contributed by atoms with Crippen LogP contribution in [0.25, 0.3) is 0 Å². The molecule has 0 amide bonds. The van der Waals surface area contributed by atoms with Crippen LogP contribution in [0.15, 0.2) is 18.2 Å². The zero-order valence-corrected chi connectivity index (χ0v) is 9.10. The van der Waals surface area contributed by atoms with E-state index in [2.05, 4.69) is 0 Å². The second-order valence-corrected chi connectivity index (χ2v) is 4.15. The predicted octanol–water partition coefficient (Wildman–Crippen LogP) is 1.94. The molecule has 0 unspecified atom stereocenters. The van der Waals surface area contributed by atoms with Crippen LogP contribution in [0.5, 0.6) is 5.75 Å². The third-order valence-electron chi connectivity index (χ3n) is 3.18. The molecule has 0 aromatic heterocycles. The molecule has 5 heteroatoms. The molecule has 0 spiro atoms. The van der Waals surface area contributed by atoms with Gasteiger partial charge in [0.2, 0.25) is 0 Å². The lowest BCUT2D eigenvalue weighted by atomic mass is 9.72. The van der Waals surface area contributed by atoms with Gasteiger partial charge in [-0.05, 0) is 31.4 Å². The molecular weight excluding hydrogens is 208 g/mol. The van der Waals surface area contributed by atoms with Gasteiger partial charge >= 0.3 is 0 Å². The highest BCUT2D eigenvalue weighted by Crippen LogP contribution is 2.43. The minimum atomic E-state index is -0.519. The first kappa shape index (κ1) is 10.9. The molecule has 2 N–H and O–H groups in total. The Balaban J connectivity index is 2.48. The number of hydrogen-bond donors (Lipinski definition) is 1. The highest BCUT2D eigenvalue weighted by molar-refractivity contribution is 5.50. The Bertz CT molecular complexity index is 427. The third-order valence-corrected chi connectivity index (χ3v) is 3.18. The maximum atomic E-state index is 11.0. The van der Waals surface area contributed by atoms with Gasteiger partial charge in [-0.15, -0.1) is 0 Å². The molecule has 1 saturated carbocycles. The number of nitrogens with two attached hydrogens (primary N) is 1. The predicted molar refractivity (Wildman–Crippen MR) is 59.4 cm³/mol. The summed E-state index contributed by atoms with van der Waals surface area (Å²) in [6, 6.07) is 4.85. The molecule has 16 heavy (non-hydrogen) atoms. The molecule has 0 heterocycles. The Labute approximate surface area is 93.4 Å². The summed E-state index contributed by atoms with van der Waals surface area (Å²) in [5.74, 6) is 0.485. The lowest BCUT2D eigenvalue weighted by Gasteiger charge is -2.38. The summed E-state index contributed by atoms with van der Waals surface area (Å²) >= 11 is 0. The summed E-state index contributed by atoms with van der Waals surface area (Å²) in [4.78, 5) is 10.6. The zero-order chi connectivity index (χ0) is 11.8. The summed E-state index contributed by atoms with van der Waals surface area (Å²) < 4.78 is 4.98. The topological polar surface area (TPSA) is 78.4 Å². The van der Waals surface area contributed by atoms with E-state index in [-0.39, 0.29) is 5.69 Å². The van der Waals surface area contributed by atoms with Crippen molar-refractivity contribution in [2.75, 3.05) is 7.11 Å². The second kappa shape index (κ2) is 3.75. The van der Waals surface area contributed by atoms with Gasteiger partial charge in [0.25, 0.3) is 5.69 Å². The van der Waals surface area contributed by atoms with E-state index < -0.39 is 10.5 Å². The van der Waals surface area contributed by atoms with E-state index in [1.165, 1.54) is 13.2 Å². The zero-order valence-electron chi connectivity index (χ0n) is 9.10. The van der Waals surface area contributed by atoms with E-state index in [9.17, 15) is 10.1 Å². The van der Waals surface area contributed by atoms with Crippen molar-refractivity contribution in [1.82, 2.24) is 0 Å². The molecule has 0 atom stereocenters. The van der Waals surface area contributed by atoms with Crippen molar-refractivity contribution in [3.63, 3.8) is 0 Å². The molecule has 0 aliphatic heterocycles. The van der Waals surface area contributed by atoms with Gasteiger partial charge < -0.3 is 10.5 Å². The van der Waals surface area contributed by atoms with Crippen molar-refractivity contribution in [3.05, 3.63) is 33.9 Å². The largest absolute Gasteiger partial charge is 0.497 e. The van der Waals surface area contributed by atoms with Crippen LogP contribution < -0.4 is 10.5 Å². The summed E-state index contributed by atoms with van der Waals surface area (Å²) in [6.07, 6.45) is 2.64. The van der Waals surface area contributed by atoms with Crippen LogP contribution in [0, 0.1) is 10.1 Å². The highest BCUT2D eigenvalue weighted by Gasteiger charge is 2.39.